The van der Waals surface area contributed by atoms with Crippen molar-refractivity contribution in [3.63, 3.8) is 0 Å². The summed E-state index contributed by atoms with van der Waals surface area (Å²) in [7, 11) is 1.70. The van der Waals surface area contributed by atoms with E-state index in [4.69, 9.17) is 14.6 Å². The highest BCUT2D eigenvalue weighted by atomic mass is 16.5. The highest BCUT2D eigenvalue weighted by Crippen LogP contribution is 2.17. The minimum atomic E-state index is -0.341. The molecule has 29 heavy (non-hydrogen) atoms. The van der Waals surface area contributed by atoms with E-state index >= 15 is 0 Å². The van der Waals surface area contributed by atoms with Crippen LogP contribution in [-0.4, -0.2) is 52.5 Å². The van der Waals surface area contributed by atoms with Gasteiger partial charge in [0, 0.05) is 45.4 Å². The summed E-state index contributed by atoms with van der Waals surface area (Å²) < 4.78 is 7.32. The normalized spacial score (nSPS) is 13.4. The van der Waals surface area contributed by atoms with Gasteiger partial charge in [0.05, 0.1) is 0 Å². The number of aromatic nitrogens is 1. The van der Waals surface area contributed by atoms with E-state index in [1.165, 1.54) is 6.07 Å². The number of ether oxygens (including phenoxy) is 1. The number of aryl methyl sites for hydroxylation is 1. The molecular formula is C20H23N3O6. The Labute approximate surface area is 167 Å². The van der Waals surface area contributed by atoms with Gasteiger partial charge in [0.25, 0.3) is 12.4 Å². The number of amides is 2. The number of nitrogens with zero attached hydrogens (tertiary/aromatic N) is 2. The second-order valence-corrected chi connectivity index (χ2v) is 6.24. The molecule has 3 rings (SSSR count). The van der Waals surface area contributed by atoms with Crippen molar-refractivity contribution >= 4 is 18.3 Å². The van der Waals surface area contributed by atoms with Crippen LogP contribution in [0.25, 0.3) is 0 Å². The molecule has 154 valence electrons. The number of nitrogens with one attached hydrogen (secondary N) is 1. The van der Waals surface area contributed by atoms with Crippen LogP contribution in [0.3, 0.4) is 0 Å². The van der Waals surface area contributed by atoms with E-state index < -0.39 is 0 Å². The Morgan fingerprint density at radius 2 is 1.90 bits per heavy atom. The predicted octanol–water partition coefficient (Wildman–Crippen LogP) is 0.627. The van der Waals surface area contributed by atoms with Crippen molar-refractivity contribution in [2.75, 3.05) is 19.6 Å². The summed E-state index contributed by atoms with van der Waals surface area (Å²) >= 11 is 0. The van der Waals surface area contributed by atoms with Crippen LogP contribution in [-0.2, 0) is 23.2 Å². The molecule has 9 nitrogen and oxygen atoms in total. The summed E-state index contributed by atoms with van der Waals surface area (Å²) in [5, 5.41) is 9.62. The van der Waals surface area contributed by atoms with Gasteiger partial charge in [-0.15, -0.1) is 0 Å². The van der Waals surface area contributed by atoms with E-state index in [0.29, 0.717) is 19.6 Å². The van der Waals surface area contributed by atoms with E-state index in [1.54, 1.807) is 22.7 Å². The molecule has 9 heteroatoms. The third-order valence-electron chi connectivity index (χ3n) is 4.27. The standard InChI is InChI=1S/C19H21N3O4.CH2O2/c1-21-10-7-15(23)18(26-13-14-5-3-2-4-6-14)17(21)19(25)22-11-8-16(24)20-9-12-22;2-1-3/h2-7,10H,8-9,11-13H2,1H3,(H,20,24);1H,(H,2,3). The Hall–Kier alpha value is -3.62. The van der Waals surface area contributed by atoms with Gasteiger partial charge in [-0.1, -0.05) is 30.3 Å². The molecule has 0 radical (unpaired) electrons. The molecule has 1 aromatic heterocycles. The fourth-order valence-electron chi connectivity index (χ4n) is 2.84. The molecule has 0 spiro atoms. The SMILES string of the molecule is Cn1ccc(=O)c(OCc2ccccc2)c1C(=O)N1CCNC(=O)CC1.O=CO. The number of carbonyl (C=O) groups excluding carboxylic acids is 2. The van der Waals surface area contributed by atoms with Crippen molar-refractivity contribution in [1.29, 1.82) is 0 Å². The zero-order valence-corrected chi connectivity index (χ0v) is 16.0. The quantitative estimate of drug-likeness (QED) is 0.726. The Balaban J connectivity index is 0.000000941. The van der Waals surface area contributed by atoms with Gasteiger partial charge in [-0.2, -0.15) is 0 Å². The molecule has 0 saturated carbocycles. The first-order valence-electron chi connectivity index (χ1n) is 8.98. The molecule has 1 fully saturated rings. The molecule has 2 heterocycles. The van der Waals surface area contributed by atoms with Gasteiger partial charge in [-0.3, -0.25) is 19.2 Å². The lowest BCUT2D eigenvalue weighted by atomic mass is 10.2. The summed E-state index contributed by atoms with van der Waals surface area (Å²) in [6.45, 7) is 1.05. The zero-order chi connectivity index (χ0) is 21.2. The molecule has 1 aromatic carbocycles. The molecule has 1 saturated heterocycles. The first kappa shape index (κ1) is 21.7. The zero-order valence-electron chi connectivity index (χ0n) is 16.0. The van der Waals surface area contributed by atoms with Crippen molar-refractivity contribution in [3.05, 3.63) is 64.1 Å². The van der Waals surface area contributed by atoms with Crippen LogP contribution in [0.1, 0.15) is 22.5 Å². The number of benzene rings is 1. The van der Waals surface area contributed by atoms with Gasteiger partial charge in [-0.05, 0) is 5.56 Å². The number of rotatable bonds is 4. The number of carboxylic acid groups (broad SMARTS) is 1. The molecule has 1 aliphatic heterocycles. The van der Waals surface area contributed by atoms with Crippen LogP contribution in [0, 0.1) is 0 Å². The maximum absolute atomic E-state index is 13.0. The van der Waals surface area contributed by atoms with Gasteiger partial charge < -0.3 is 24.6 Å². The molecule has 1 aliphatic rings. The molecule has 0 unspecified atom stereocenters. The minimum absolute atomic E-state index is 0.0346. The number of carbonyl (C=O) groups is 3. The van der Waals surface area contributed by atoms with E-state index in [9.17, 15) is 14.4 Å². The lowest BCUT2D eigenvalue weighted by Crippen LogP contribution is -2.36. The first-order valence-corrected chi connectivity index (χ1v) is 8.98. The molecule has 2 aromatic rings. The maximum Gasteiger partial charge on any atom is 0.290 e. The van der Waals surface area contributed by atoms with Gasteiger partial charge >= 0.3 is 0 Å². The topological polar surface area (TPSA) is 118 Å². The average Bonchev–Trinajstić information content (AvgIpc) is 2.94. The van der Waals surface area contributed by atoms with Crippen LogP contribution in [0.4, 0.5) is 0 Å². The summed E-state index contributed by atoms with van der Waals surface area (Å²) in [6, 6.07) is 10.8. The van der Waals surface area contributed by atoms with Gasteiger partial charge in [0.1, 0.15) is 6.61 Å². The van der Waals surface area contributed by atoms with Crippen LogP contribution < -0.4 is 15.5 Å². The molecule has 2 amide bonds. The summed E-state index contributed by atoms with van der Waals surface area (Å²) in [4.78, 5) is 46.8. The smallest absolute Gasteiger partial charge is 0.290 e. The van der Waals surface area contributed by atoms with Crippen molar-refractivity contribution in [2.45, 2.75) is 13.0 Å². The molecule has 0 atom stereocenters. The summed E-state index contributed by atoms with van der Waals surface area (Å²) in [5.74, 6) is -0.361. The van der Waals surface area contributed by atoms with Gasteiger partial charge in [0.2, 0.25) is 11.3 Å². The fraction of sp³-hybridized carbons (Fsp3) is 0.300. The number of pyridine rings is 1. The second-order valence-electron chi connectivity index (χ2n) is 6.24. The molecule has 0 bridgehead atoms. The Kier molecular flexibility index (Phi) is 7.96. The van der Waals surface area contributed by atoms with E-state index in [1.807, 2.05) is 30.3 Å². The third-order valence-corrected chi connectivity index (χ3v) is 4.27. The lowest BCUT2D eigenvalue weighted by molar-refractivity contribution is -0.123. The average molecular weight is 401 g/mol. The van der Waals surface area contributed by atoms with Crippen LogP contribution in [0.5, 0.6) is 5.75 Å². The molecular weight excluding hydrogens is 378 g/mol. The minimum Gasteiger partial charge on any atom is -0.483 e. The fourth-order valence-corrected chi connectivity index (χ4v) is 2.84. The van der Waals surface area contributed by atoms with Crippen LogP contribution >= 0.6 is 0 Å². The third kappa shape index (κ3) is 5.93. The maximum atomic E-state index is 13.0. The number of hydrogen-bond donors (Lipinski definition) is 2. The summed E-state index contributed by atoms with van der Waals surface area (Å²) in [6.07, 6.45) is 1.79. The van der Waals surface area contributed by atoms with Crippen LogP contribution in [0.15, 0.2) is 47.4 Å². The van der Waals surface area contributed by atoms with Crippen LogP contribution in [0.2, 0.25) is 0 Å². The van der Waals surface area contributed by atoms with Gasteiger partial charge in [0.15, 0.2) is 11.4 Å². The van der Waals surface area contributed by atoms with Crippen molar-refractivity contribution in [2.24, 2.45) is 7.05 Å². The lowest BCUT2D eigenvalue weighted by Gasteiger charge is -2.22. The molecule has 2 N–H and O–H groups in total. The van der Waals surface area contributed by atoms with E-state index in [2.05, 4.69) is 5.32 Å². The van der Waals surface area contributed by atoms with E-state index in [-0.39, 0.29) is 48.2 Å². The van der Waals surface area contributed by atoms with Crippen molar-refractivity contribution in [1.82, 2.24) is 14.8 Å². The largest absolute Gasteiger partial charge is 0.483 e. The first-order chi connectivity index (χ1) is 14.0. The second kappa shape index (κ2) is 10.6. The Morgan fingerprint density at radius 3 is 2.59 bits per heavy atom. The Bertz CT molecular complexity index is 910. The predicted molar refractivity (Wildman–Crippen MR) is 105 cm³/mol. The molecule has 0 aliphatic carbocycles. The highest BCUT2D eigenvalue weighted by molar-refractivity contribution is 5.95. The van der Waals surface area contributed by atoms with Crippen molar-refractivity contribution in [3.8, 4) is 5.75 Å². The number of hydrogen-bond acceptors (Lipinski definition) is 5. The highest BCUT2D eigenvalue weighted by Gasteiger charge is 2.26. The summed E-state index contributed by atoms with van der Waals surface area (Å²) in [5.41, 5.74) is 0.760. The van der Waals surface area contributed by atoms with E-state index in [0.717, 1.165) is 5.56 Å². The van der Waals surface area contributed by atoms with Gasteiger partial charge in [-0.25, -0.2) is 0 Å². The monoisotopic (exact) mass is 401 g/mol. The van der Waals surface area contributed by atoms with Crippen molar-refractivity contribution < 1.29 is 24.2 Å². The Morgan fingerprint density at radius 1 is 1.21 bits per heavy atom.